The molecule has 25 heavy (non-hydrogen) atoms. The lowest BCUT2D eigenvalue weighted by Crippen LogP contribution is -2.40. The van der Waals surface area contributed by atoms with Gasteiger partial charge in [-0.3, -0.25) is 10.3 Å². The Balaban J connectivity index is 1.72. The molecular formula is C19H24N4O2. The first-order chi connectivity index (χ1) is 12.1. The normalized spacial score (nSPS) is 11.2. The minimum atomic E-state index is -0.413. The van der Waals surface area contributed by atoms with E-state index in [1.807, 2.05) is 62.4 Å². The molecule has 2 aromatic carbocycles. The van der Waals surface area contributed by atoms with Crippen LogP contribution in [0.2, 0.25) is 0 Å². The third kappa shape index (κ3) is 6.27. The molecule has 6 nitrogen and oxygen atoms in total. The summed E-state index contributed by atoms with van der Waals surface area (Å²) in [5.41, 5.74) is 9.57. The van der Waals surface area contributed by atoms with E-state index in [0.29, 0.717) is 19.8 Å². The summed E-state index contributed by atoms with van der Waals surface area (Å²) < 4.78 is 5.51. The minimum Gasteiger partial charge on any atom is -0.375 e. The second-order valence-corrected chi connectivity index (χ2v) is 5.65. The fourth-order valence-electron chi connectivity index (χ4n) is 2.31. The number of carbonyl (C=O) groups is 1. The molecule has 2 aromatic rings. The molecule has 6 heteroatoms. The largest absolute Gasteiger partial charge is 0.375 e. The lowest BCUT2D eigenvalue weighted by Gasteiger charge is -2.12. The van der Waals surface area contributed by atoms with Crippen LogP contribution in [-0.4, -0.2) is 25.1 Å². The summed E-state index contributed by atoms with van der Waals surface area (Å²) in [6.45, 7) is 5.20. The molecule has 132 valence electrons. The zero-order valence-electron chi connectivity index (χ0n) is 14.6. The van der Waals surface area contributed by atoms with E-state index in [-0.39, 0.29) is 5.96 Å². The number of guanidine groups is 1. The summed E-state index contributed by atoms with van der Waals surface area (Å²) in [4.78, 5) is 16.1. The van der Waals surface area contributed by atoms with Crippen molar-refractivity contribution in [3.05, 3.63) is 65.2 Å². The van der Waals surface area contributed by atoms with E-state index < -0.39 is 6.03 Å². The molecule has 0 heterocycles. The van der Waals surface area contributed by atoms with Gasteiger partial charge in [-0.1, -0.05) is 48.5 Å². The number of carbonyl (C=O) groups excluding carboxylic acids is 1. The molecule has 2 amide bonds. The highest BCUT2D eigenvalue weighted by Gasteiger charge is 2.07. The number of aryl methyl sites for hydroxylation is 2. The third-order valence-corrected chi connectivity index (χ3v) is 3.59. The van der Waals surface area contributed by atoms with E-state index in [9.17, 15) is 4.79 Å². The Kier molecular flexibility index (Phi) is 6.98. The Hall–Kier alpha value is -2.86. The number of amides is 2. The van der Waals surface area contributed by atoms with Crippen molar-refractivity contribution >= 4 is 17.7 Å². The van der Waals surface area contributed by atoms with E-state index in [4.69, 9.17) is 10.5 Å². The zero-order valence-corrected chi connectivity index (χ0v) is 14.6. The average molecular weight is 340 g/mol. The van der Waals surface area contributed by atoms with Gasteiger partial charge in [-0.25, -0.2) is 4.79 Å². The van der Waals surface area contributed by atoms with Gasteiger partial charge in [0.1, 0.15) is 0 Å². The Bertz CT molecular complexity index is 709. The van der Waals surface area contributed by atoms with Gasteiger partial charge in [-0.2, -0.15) is 0 Å². The van der Waals surface area contributed by atoms with Crippen molar-refractivity contribution in [2.24, 2.45) is 10.7 Å². The van der Waals surface area contributed by atoms with Gasteiger partial charge in [-0.15, -0.1) is 0 Å². The van der Waals surface area contributed by atoms with E-state index in [0.717, 1.165) is 22.4 Å². The number of aliphatic imine (C=N–C) groups is 1. The van der Waals surface area contributed by atoms with Gasteiger partial charge >= 0.3 is 6.03 Å². The standard InChI is InChI=1S/C19H24N4O2/c1-14-7-6-8-15(2)17(14)22-19(24)23-18(20)21-11-12-25-13-16-9-4-3-5-10-16/h3-10H,11-13H2,1-2H3,(H4,20,21,22,23,24). The monoisotopic (exact) mass is 340 g/mol. The molecular weight excluding hydrogens is 316 g/mol. The van der Waals surface area contributed by atoms with Crippen molar-refractivity contribution in [3.8, 4) is 0 Å². The smallest absolute Gasteiger partial charge is 0.326 e. The number of ether oxygens (including phenoxy) is 1. The maximum Gasteiger partial charge on any atom is 0.326 e. The van der Waals surface area contributed by atoms with Crippen molar-refractivity contribution in [3.63, 3.8) is 0 Å². The van der Waals surface area contributed by atoms with Crippen LogP contribution in [0, 0.1) is 13.8 Å². The highest BCUT2D eigenvalue weighted by Crippen LogP contribution is 2.18. The molecule has 0 fully saturated rings. The van der Waals surface area contributed by atoms with Crippen LogP contribution in [-0.2, 0) is 11.3 Å². The molecule has 0 unspecified atom stereocenters. The van der Waals surface area contributed by atoms with Gasteiger partial charge in [0.2, 0.25) is 0 Å². The molecule has 0 aliphatic carbocycles. The Labute approximate surface area is 148 Å². The van der Waals surface area contributed by atoms with Gasteiger partial charge in [0.15, 0.2) is 5.96 Å². The van der Waals surface area contributed by atoms with Crippen molar-refractivity contribution in [1.82, 2.24) is 5.32 Å². The fraction of sp³-hybridized carbons (Fsp3) is 0.263. The number of rotatable bonds is 6. The van der Waals surface area contributed by atoms with Crippen LogP contribution < -0.4 is 16.4 Å². The second kappa shape index (κ2) is 9.44. The van der Waals surface area contributed by atoms with Crippen LogP contribution in [0.15, 0.2) is 53.5 Å². The third-order valence-electron chi connectivity index (χ3n) is 3.59. The van der Waals surface area contributed by atoms with Crippen LogP contribution in [0.5, 0.6) is 0 Å². The molecule has 0 aliphatic heterocycles. The summed E-state index contributed by atoms with van der Waals surface area (Å²) >= 11 is 0. The Morgan fingerprint density at radius 2 is 1.76 bits per heavy atom. The topological polar surface area (TPSA) is 88.7 Å². The lowest BCUT2D eigenvalue weighted by molar-refractivity contribution is 0.128. The van der Waals surface area contributed by atoms with Crippen LogP contribution in [0.3, 0.4) is 0 Å². The second-order valence-electron chi connectivity index (χ2n) is 5.65. The van der Waals surface area contributed by atoms with E-state index in [2.05, 4.69) is 15.6 Å². The van der Waals surface area contributed by atoms with Gasteiger partial charge in [-0.05, 0) is 30.5 Å². The fourth-order valence-corrected chi connectivity index (χ4v) is 2.31. The molecule has 0 saturated heterocycles. The molecule has 0 aromatic heterocycles. The van der Waals surface area contributed by atoms with Crippen molar-refractivity contribution in [2.45, 2.75) is 20.5 Å². The summed E-state index contributed by atoms with van der Waals surface area (Å²) in [5.74, 6) is 0.0621. The van der Waals surface area contributed by atoms with Gasteiger partial charge in [0.05, 0.1) is 19.8 Å². The number of para-hydroxylation sites is 1. The lowest BCUT2D eigenvalue weighted by atomic mass is 10.1. The summed E-state index contributed by atoms with van der Waals surface area (Å²) in [6, 6.07) is 15.3. The number of nitrogens with two attached hydrogens (primary N) is 1. The minimum absolute atomic E-state index is 0.0621. The number of nitrogens with one attached hydrogen (secondary N) is 2. The number of anilines is 1. The van der Waals surface area contributed by atoms with E-state index >= 15 is 0 Å². The van der Waals surface area contributed by atoms with Crippen LogP contribution in [0.25, 0.3) is 0 Å². The first-order valence-corrected chi connectivity index (χ1v) is 8.12. The number of nitrogens with zero attached hydrogens (tertiary/aromatic N) is 1. The number of benzene rings is 2. The molecule has 0 spiro atoms. The maximum atomic E-state index is 12.0. The summed E-state index contributed by atoms with van der Waals surface area (Å²) in [6.07, 6.45) is 0. The summed E-state index contributed by atoms with van der Waals surface area (Å²) in [5, 5.41) is 5.30. The molecule has 2 rings (SSSR count). The highest BCUT2D eigenvalue weighted by molar-refractivity contribution is 6.02. The average Bonchev–Trinajstić information content (AvgIpc) is 2.59. The predicted octanol–water partition coefficient (Wildman–Crippen LogP) is 2.96. The molecule has 0 aliphatic rings. The zero-order chi connectivity index (χ0) is 18.1. The van der Waals surface area contributed by atoms with Crippen molar-refractivity contribution in [2.75, 3.05) is 18.5 Å². The SMILES string of the molecule is Cc1cccc(C)c1NC(=O)NC(N)=NCCOCc1ccccc1. The Morgan fingerprint density at radius 3 is 2.44 bits per heavy atom. The molecule has 0 radical (unpaired) electrons. The number of urea groups is 1. The molecule has 0 saturated carbocycles. The first kappa shape index (κ1) is 18.5. The Morgan fingerprint density at radius 1 is 1.08 bits per heavy atom. The van der Waals surface area contributed by atoms with Gasteiger partial charge in [0, 0.05) is 5.69 Å². The van der Waals surface area contributed by atoms with E-state index in [1.165, 1.54) is 0 Å². The van der Waals surface area contributed by atoms with E-state index in [1.54, 1.807) is 0 Å². The van der Waals surface area contributed by atoms with Gasteiger partial charge < -0.3 is 15.8 Å². The quantitative estimate of drug-likeness (QED) is 0.429. The van der Waals surface area contributed by atoms with Crippen LogP contribution >= 0.6 is 0 Å². The number of hydrogen-bond acceptors (Lipinski definition) is 3. The molecule has 4 N–H and O–H groups in total. The molecule has 0 bridgehead atoms. The summed E-state index contributed by atoms with van der Waals surface area (Å²) in [7, 11) is 0. The number of hydrogen-bond donors (Lipinski definition) is 3. The molecule has 0 atom stereocenters. The van der Waals surface area contributed by atoms with Crippen molar-refractivity contribution in [1.29, 1.82) is 0 Å². The van der Waals surface area contributed by atoms with Crippen LogP contribution in [0.4, 0.5) is 10.5 Å². The predicted molar refractivity (Wildman–Crippen MR) is 101 cm³/mol. The van der Waals surface area contributed by atoms with Gasteiger partial charge in [0.25, 0.3) is 0 Å². The van der Waals surface area contributed by atoms with Crippen molar-refractivity contribution < 1.29 is 9.53 Å². The highest BCUT2D eigenvalue weighted by atomic mass is 16.5. The maximum absolute atomic E-state index is 12.0. The first-order valence-electron chi connectivity index (χ1n) is 8.12. The van der Waals surface area contributed by atoms with Crippen LogP contribution in [0.1, 0.15) is 16.7 Å².